The summed E-state index contributed by atoms with van der Waals surface area (Å²) >= 11 is 4.99. The van der Waals surface area contributed by atoms with Crippen molar-refractivity contribution in [2.45, 2.75) is 19.3 Å². The van der Waals surface area contributed by atoms with Crippen LogP contribution in [0.2, 0.25) is 0 Å². The van der Waals surface area contributed by atoms with Gasteiger partial charge < -0.3 is 5.32 Å². The molecule has 100 valence electrons. The van der Waals surface area contributed by atoms with Crippen LogP contribution in [0.25, 0.3) is 0 Å². The lowest BCUT2D eigenvalue weighted by atomic mass is 9.91. The van der Waals surface area contributed by atoms with E-state index in [0.717, 1.165) is 0 Å². The molecule has 0 saturated heterocycles. The van der Waals surface area contributed by atoms with Gasteiger partial charge in [0.25, 0.3) is 5.91 Å². The van der Waals surface area contributed by atoms with E-state index in [2.05, 4.69) is 51.5 Å². The van der Waals surface area contributed by atoms with Gasteiger partial charge in [0.1, 0.15) is 4.60 Å². The Kier molecular flexibility index (Phi) is 4.37. The van der Waals surface area contributed by atoms with Crippen LogP contribution in [-0.2, 0) is 5.41 Å². The maximum absolute atomic E-state index is 12.1. The van der Waals surface area contributed by atoms with Crippen molar-refractivity contribution >= 4 is 33.2 Å². The Hall–Kier alpha value is -1.20. The molecule has 0 bridgehead atoms. The summed E-state index contributed by atoms with van der Waals surface area (Å²) in [7, 11) is 0. The number of nitrogens with zero attached hydrogens (tertiary/aromatic N) is 1. The number of nitrogens with one attached hydrogen (secondary N) is 1. The average Bonchev–Trinajstić information content (AvgIpc) is 2.91. The first kappa shape index (κ1) is 14.2. The third kappa shape index (κ3) is 3.42. The highest BCUT2D eigenvalue weighted by Crippen LogP contribution is 2.26. The Morgan fingerprint density at radius 2 is 2.21 bits per heavy atom. The number of rotatable bonds is 4. The van der Waals surface area contributed by atoms with Gasteiger partial charge >= 0.3 is 0 Å². The number of aromatic nitrogens is 1. The maximum atomic E-state index is 12.1. The van der Waals surface area contributed by atoms with Crippen molar-refractivity contribution in [1.29, 1.82) is 0 Å². The zero-order valence-corrected chi connectivity index (χ0v) is 13.2. The average molecular weight is 339 g/mol. The van der Waals surface area contributed by atoms with Crippen LogP contribution in [0.5, 0.6) is 0 Å². The molecule has 3 nitrogen and oxygen atoms in total. The third-order valence-corrected chi connectivity index (χ3v) is 4.75. The lowest BCUT2D eigenvalue weighted by Crippen LogP contribution is -2.36. The summed E-state index contributed by atoms with van der Waals surface area (Å²) in [6.45, 7) is 4.84. The van der Waals surface area contributed by atoms with Gasteiger partial charge in [-0.3, -0.25) is 4.79 Å². The van der Waals surface area contributed by atoms with Crippen molar-refractivity contribution in [1.82, 2.24) is 10.3 Å². The standard InChI is InChI=1S/C14H15BrN2OS/c1-14(2,11-6-4-8-19-11)9-17-13(18)10-5-3-7-16-12(10)15/h3-8H,9H2,1-2H3,(H,17,18). The fraction of sp³-hybridized carbons (Fsp3) is 0.286. The number of carbonyl (C=O) groups is 1. The second-order valence-corrected chi connectivity index (χ2v) is 6.58. The van der Waals surface area contributed by atoms with Gasteiger partial charge in [-0.15, -0.1) is 11.3 Å². The topological polar surface area (TPSA) is 42.0 Å². The molecule has 0 fully saturated rings. The summed E-state index contributed by atoms with van der Waals surface area (Å²) in [5.74, 6) is -0.107. The van der Waals surface area contributed by atoms with E-state index in [9.17, 15) is 4.79 Å². The summed E-state index contributed by atoms with van der Waals surface area (Å²) < 4.78 is 0.571. The molecule has 0 aromatic carbocycles. The minimum absolute atomic E-state index is 0.0709. The van der Waals surface area contributed by atoms with Crippen LogP contribution in [-0.4, -0.2) is 17.4 Å². The number of thiophene rings is 1. The number of halogens is 1. The van der Waals surface area contributed by atoms with Gasteiger partial charge in [0.2, 0.25) is 0 Å². The molecule has 19 heavy (non-hydrogen) atoms. The predicted octanol–water partition coefficient (Wildman–Crippen LogP) is 3.61. The van der Waals surface area contributed by atoms with Gasteiger partial charge in [-0.05, 0) is 39.5 Å². The summed E-state index contributed by atoms with van der Waals surface area (Å²) in [4.78, 5) is 17.4. The first-order valence-corrected chi connectivity index (χ1v) is 7.61. The van der Waals surface area contributed by atoms with E-state index in [0.29, 0.717) is 16.7 Å². The van der Waals surface area contributed by atoms with E-state index in [1.807, 2.05) is 6.07 Å². The van der Waals surface area contributed by atoms with Crippen molar-refractivity contribution in [3.05, 3.63) is 50.9 Å². The zero-order chi connectivity index (χ0) is 13.9. The summed E-state index contributed by atoms with van der Waals surface area (Å²) in [6, 6.07) is 7.63. The molecule has 1 amide bonds. The molecule has 2 heterocycles. The van der Waals surface area contributed by atoms with Crippen molar-refractivity contribution < 1.29 is 4.79 Å². The molecule has 0 unspecified atom stereocenters. The Bertz CT molecular complexity index is 567. The fourth-order valence-corrected chi connectivity index (χ4v) is 2.99. The molecule has 0 aliphatic carbocycles. The number of pyridine rings is 1. The van der Waals surface area contributed by atoms with E-state index in [-0.39, 0.29) is 11.3 Å². The number of hydrogen-bond acceptors (Lipinski definition) is 3. The molecular weight excluding hydrogens is 324 g/mol. The Morgan fingerprint density at radius 1 is 1.42 bits per heavy atom. The van der Waals surface area contributed by atoms with Gasteiger partial charge in [-0.25, -0.2) is 4.98 Å². The molecule has 0 aliphatic heterocycles. The smallest absolute Gasteiger partial charge is 0.254 e. The Labute approximate surface area is 125 Å². The normalized spacial score (nSPS) is 11.3. The van der Waals surface area contributed by atoms with E-state index < -0.39 is 0 Å². The highest BCUT2D eigenvalue weighted by Gasteiger charge is 2.23. The second kappa shape index (κ2) is 5.84. The van der Waals surface area contributed by atoms with E-state index >= 15 is 0 Å². The molecule has 0 atom stereocenters. The summed E-state index contributed by atoms with van der Waals surface area (Å²) in [5, 5.41) is 5.02. The van der Waals surface area contributed by atoms with E-state index in [1.54, 1.807) is 29.7 Å². The van der Waals surface area contributed by atoms with Gasteiger partial charge in [-0.2, -0.15) is 0 Å². The first-order chi connectivity index (χ1) is 9.00. The molecule has 2 aromatic heterocycles. The van der Waals surface area contributed by atoms with Crippen molar-refractivity contribution in [2.24, 2.45) is 0 Å². The van der Waals surface area contributed by atoms with Crippen molar-refractivity contribution in [3.8, 4) is 0 Å². The SMILES string of the molecule is CC(C)(CNC(=O)c1cccnc1Br)c1cccs1. The number of hydrogen-bond donors (Lipinski definition) is 1. The van der Waals surface area contributed by atoms with Crippen LogP contribution in [0.4, 0.5) is 0 Å². The third-order valence-electron chi connectivity index (χ3n) is 2.88. The van der Waals surface area contributed by atoms with Crippen LogP contribution in [0.3, 0.4) is 0 Å². The van der Waals surface area contributed by atoms with Gasteiger partial charge in [0.15, 0.2) is 0 Å². The number of carbonyl (C=O) groups excluding carboxylic acids is 1. The van der Waals surface area contributed by atoms with E-state index in [4.69, 9.17) is 0 Å². The molecule has 0 aliphatic rings. The van der Waals surface area contributed by atoms with Gasteiger partial charge in [-0.1, -0.05) is 19.9 Å². The first-order valence-electron chi connectivity index (χ1n) is 5.93. The molecular formula is C14H15BrN2OS. The van der Waals surface area contributed by atoms with Crippen molar-refractivity contribution in [2.75, 3.05) is 6.54 Å². The molecule has 0 saturated carbocycles. The van der Waals surface area contributed by atoms with E-state index in [1.165, 1.54) is 4.88 Å². The zero-order valence-electron chi connectivity index (χ0n) is 10.8. The Morgan fingerprint density at radius 3 is 2.84 bits per heavy atom. The lowest BCUT2D eigenvalue weighted by molar-refractivity contribution is 0.0944. The van der Waals surface area contributed by atoms with Crippen LogP contribution in [0, 0.1) is 0 Å². The largest absolute Gasteiger partial charge is 0.351 e. The lowest BCUT2D eigenvalue weighted by Gasteiger charge is -2.23. The van der Waals surface area contributed by atoms with Crippen LogP contribution in [0.1, 0.15) is 29.1 Å². The molecule has 0 spiro atoms. The highest BCUT2D eigenvalue weighted by molar-refractivity contribution is 9.10. The molecule has 2 aromatic rings. The monoisotopic (exact) mass is 338 g/mol. The highest BCUT2D eigenvalue weighted by atomic mass is 79.9. The molecule has 0 radical (unpaired) electrons. The molecule has 5 heteroatoms. The molecule has 1 N–H and O–H groups in total. The quantitative estimate of drug-likeness (QED) is 0.865. The van der Waals surface area contributed by atoms with Crippen LogP contribution >= 0.6 is 27.3 Å². The van der Waals surface area contributed by atoms with Crippen LogP contribution in [0.15, 0.2) is 40.4 Å². The predicted molar refractivity (Wildman–Crippen MR) is 81.6 cm³/mol. The van der Waals surface area contributed by atoms with Gasteiger partial charge in [0, 0.05) is 23.0 Å². The molecule has 2 rings (SSSR count). The maximum Gasteiger partial charge on any atom is 0.254 e. The minimum Gasteiger partial charge on any atom is -0.351 e. The Balaban J connectivity index is 2.03. The van der Waals surface area contributed by atoms with Crippen molar-refractivity contribution in [3.63, 3.8) is 0 Å². The summed E-state index contributed by atoms with van der Waals surface area (Å²) in [6.07, 6.45) is 1.65. The van der Waals surface area contributed by atoms with Gasteiger partial charge in [0.05, 0.1) is 5.56 Å². The fourth-order valence-electron chi connectivity index (χ4n) is 1.70. The summed E-state index contributed by atoms with van der Waals surface area (Å²) in [5.41, 5.74) is 0.489. The minimum atomic E-state index is -0.107. The number of amides is 1. The second-order valence-electron chi connectivity index (χ2n) is 4.89. The van der Waals surface area contributed by atoms with Crippen LogP contribution < -0.4 is 5.32 Å².